The molecular formula is C40H39Cl2F3N6O5S. The summed E-state index contributed by atoms with van der Waals surface area (Å²) in [6.07, 6.45) is -3.37. The molecule has 3 aliphatic heterocycles. The number of nitriles is 1. The van der Waals surface area contributed by atoms with Crippen LogP contribution in [0.5, 0.6) is 5.75 Å². The molecule has 0 saturated carbocycles. The van der Waals surface area contributed by atoms with Crippen molar-refractivity contribution >= 4 is 75.4 Å². The normalized spacial score (nSPS) is 19.2. The number of piperidine rings is 1. The van der Waals surface area contributed by atoms with E-state index in [1.165, 1.54) is 17.0 Å². The zero-order valence-electron chi connectivity index (χ0n) is 31.1. The number of nitrogens with one attached hydrogen (secondary N) is 1. The van der Waals surface area contributed by atoms with Gasteiger partial charge in [0.05, 0.1) is 34.5 Å². The fourth-order valence-electron chi connectivity index (χ4n) is 7.35. The Morgan fingerprint density at radius 3 is 2.33 bits per heavy atom. The zero-order chi connectivity index (χ0) is 41.2. The molecule has 1 unspecified atom stereocenters. The number of amides is 3. The molecule has 3 aromatic carbocycles. The maximum Gasteiger partial charge on any atom is 0.417 e. The van der Waals surface area contributed by atoms with Crippen molar-refractivity contribution in [2.24, 2.45) is 5.92 Å². The first kappa shape index (κ1) is 42.0. The van der Waals surface area contributed by atoms with Crippen LogP contribution in [-0.4, -0.2) is 89.8 Å². The molecule has 11 nitrogen and oxygen atoms in total. The smallest absolute Gasteiger partial charge is 0.417 e. The van der Waals surface area contributed by atoms with Crippen LogP contribution < -0.4 is 19.9 Å². The summed E-state index contributed by atoms with van der Waals surface area (Å²) in [6, 6.07) is 14.9. The van der Waals surface area contributed by atoms with Crippen molar-refractivity contribution < 1.29 is 37.1 Å². The number of nitrogens with zero attached hydrogens (tertiary/aromatic N) is 5. The Morgan fingerprint density at radius 1 is 0.982 bits per heavy atom. The summed E-state index contributed by atoms with van der Waals surface area (Å²) in [5, 5.41) is 12.3. The molecule has 0 aromatic heterocycles. The van der Waals surface area contributed by atoms with E-state index in [2.05, 4.69) is 15.1 Å². The van der Waals surface area contributed by atoms with E-state index in [-0.39, 0.29) is 45.8 Å². The Morgan fingerprint density at radius 2 is 1.67 bits per heavy atom. The van der Waals surface area contributed by atoms with Gasteiger partial charge in [-0.25, -0.2) is 0 Å². The van der Waals surface area contributed by atoms with E-state index in [0.717, 1.165) is 41.2 Å². The lowest BCUT2D eigenvalue weighted by molar-refractivity contribution is -0.138. The van der Waals surface area contributed by atoms with Crippen molar-refractivity contribution in [2.45, 2.75) is 51.2 Å². The summed E-state index contributed by atoms with van der Waals surface area (Å²) in [5.41, 5.74) is -1.04. The number of hydrogen-bond donors (Lipinski definition) is 1. The van der Waals surface area contributed by atoms with Gasteiger partial charge in [-0.15, -0.1) is 0 Å². The maximum absolute atomic E-state index is 13.7. The van der Waals surface area contributed by atoms with Crippen LogP contribution in [0.1, 0.15) is 48.9 Å². The van der Waals surface area contributed by atoms with Crippen molar-refractivity contribution in [1.82, 2.24) is 15.1 Å². The summed E-state index contributed by atoms with van der Waals surface area (Å²) >= 11 is 18.6. The monoisotopic (exact) mass is 842 g/mol. The lowest BCUT2D eigenvalue weighted by Crippen LogP contribution is -2.48. The number of Topliss-reactive ketones (excluding diaryl/α,β-unsaturated/α-hetero) is 1. The lowest BCUT2D eigenvalue weighted by atomic mass is 9.90. The minimum Gasteiger partial charge on any atom is -0.491 e. The van der Waals surface area contributed by atoms with Crippen LogP contribution in [0.2, 0.25) is 10.0 Å². The molecule has 17 heteroatoms. The first-order chi connectivity index (χ1) is 26.9. The summed E-state index contributed by atoms with van der Waals surface area (Å²) in [5.74, 6) is -0.954. The maximum atomic E-state index is 13.7. The van der Waals surface area contributed by atoms with Crippen LogP contribution in [0.4, 0.5) is 24.5 Å². The minimum atomic E-state index is -4.81. The van der Waals surface area contributed by atoms with Crippen molar-refractivity contribution in [2.75, 3.05) is 55.7 Å². The number of carbonyl (C=O) groups is 4. The van der Waals surface area contributed by atoms with E-state index in [4.69, 9.17) is 40.2 Å². The fraction of sp³-hybridized carbons (Fsp3) is 0.400. The van der Waals surface area contributed by atoms with Crippen molar-refractivity contribution in [3.05, 3.63) is 86.9 Å². The van der Waals surface area contributed by atoms with Crippen molar-refractivity contribution in [1.29, 1.82) is 5.26 Å². The molecule has 0 bridgehead atoms. The summed E-state index contributed by atoms with van der Waals surface area (Å²) in [4.78, 5) is 57.2. The molecule has 3 amide bonds. The van der Waals surface area contributed by atoms with Gasteiger partial charge in [0.25, 0.3) is 5.91 Å². The lowest BCUT2D eigenvalue weighted by Gasteiger charge is -2.34. The third kappa shape index (κ3) is 9.59. The quantitative estimate of drug-likeness (QED) is 0.166. The first-order valence-corrected chi connectivity index (χ1v) is 19.4. The summed E-state index contributed by atoms with van der Waals surface area (Å²) in [7, 11) is 0. The predicted octanol–water partition coefficient (Wildman–Crippen LogP) is 6.20. The van der Waals surface area contributed by atoms with Gasteiger partial charge in [-0.05, 0) is 98.6 Å². The van der Waals surface area contributed by atoms with Crippen molar-refractivity contribution in [3.8, 4) is 11.8 Å². The molecule has 3 saturated heterocycles. The number of benzene rings is 3. The SMILES string of the molecule is CC1(C)C(=O)N(c2ccc(C#N)c(C(F)(F)F)c2)C(=S)N1c1ccc(OCCN2CCN(CC(=O)Cc3cc(Cl)cc(CC4CCC(=O)NC4=O)c3)CC2)c(Cl)c1. The molecule has 0 radical (unpaired) electrons. The Balaban J connectivity index is 0.983. The molecule has 0 aliphatic carbocycles. The highest BCUT2D eigenvalue weighted by Gasteiger charge is 2.51. The number of hydrogen-bond acceptors (Lipinski definition) is 9. The highest BCUT2D eigenvalue weighted by atomic mass is 35.5. The van der Waals surface area contributed by atoms with Crippen LogP contribution in [0.25, 0.3) is 0 Å². The van der Waals surface area contributed by atoms with Gasteiger partial charge in [0, 0.05) is 62.2 Å². The largest absolute Gasteiger partial charge is 0.491 e. The molecule has 6 rings (SSSR count). The number of ether oxygens (including phenoxy) is 1. The average molecular weight is 844 g/mol. The van der Waals surface area contributed by atoms with Gasteiger partial charge in [-0.3, -0.25) is 39.2 Å². The zero-order valence-corrected chi connectivity index (χ0v) is 33.5. The molecule has 3 aromatic rings. The fourth-order valence-corrected chi connectivity index (χ4v) is 8.38. The Labute approximate surface area is 343 Å². The van der Waals surface area contributed by atoms with Crippen LogP contribution in [0, 0.1) is 17.2 Å². The number of carbonyl (C=O) groups excluding carboxylic acids is 4. The second kappa shape index (κ2) is 17.1. The van der Waals surface area contributed by atoms with Gasteiger partial charge in [0.1, 0.15) is 17.9 Å². The van der Waals surface area contributed by atoms with Crippen molar-refractivity contribution in [3.63, 3.8) is 0 Å². The number of alkyl halides is 3. The van der Waals surface area contributed by atoms with E-state index in [0.29, 0.717) is 68.5 Å². The number of ketones is 1. The van der Waals surface area contributed by atoms with Gasteiger partial charge >= 0.3 is 6.18 Å². The average Bonchev–Trinajstić information content (AvgIpc) is 3.31. The molecule has 1 atom stereocenters. The van der Waals surface area contributed by atoms with E-state index >= 15 is 0 Å². The van der Waals surface area contributed by atoms with Gasteiger partial charge in [-0.2, -0.15) is 18.4 Å². The van der Waals surface area contributed by atoms with Gasteiger partial charge in [0.15, 0.2) is 10.9 Å². The Bertz CT molecular complexity index is 2150. The first-order valence-electron chi connectivity index (χ1n) is 18.3. The number of halogens is 5. The van der Waals surface area contributed by atoms with E-state index < -0.39 is 28.7 Å². The number of thiocarbonyl (C=S) groups is 1. The van der Waals surface area contributed by atoms with Crippen LogP contribution in [0.15, 0.2) is 54.6 Å². The standard InChI is InChI=1S/C40H39Cl2F3N6O5S/c1-39(2)37(55)50(29-5-3-27(22-46)32(20-29)40(43,44)45)38(57)51(39)30-6-7-34(33(42)21-30)56-14-13-48-9-11-49(12-10-48)23-31(52)19-25-15-24(17-28(41)18-25)16-26-4-8-35(53)47-36(26)54/h3,5-7,15,17-18,20-21,26H,4,8-14,16,19,23H2,1-2H3,(H,47,53,54). The molecule has 300 valence electrons. The van der Waals surface area contributed by atoms with Crippen LogP contribution in [0.3, 0.4) is 0 Å². The summed E-state index contributed by atoms with van der Waals surface area (Å²) < 4.78 is 47.1. The number of anilines is 2. The molecule has 3 fully saturated rings. The number of imide groups is 1. The number of piperazine rings is 1. The molecule has 0 spiro atoms. The van der Waals surface area contributed by atoms with Crippen LogP contribution >= 0.6 is 35.4 Å². The highest BCUT2D eigenvalue weighted by Crippen LogP contribution is 2.41. The molecule has 3 aliphatic rings. The van der Waals surface area contributed by atoms with E-state index in [1.807, 2.05) is 6.07 Å². The second-order valence-corrected chi connectivity index (χ2v) is 16.0. The van der Waals surface area contributed by atoms with E-state index in [1.54, 1.807) is 44.2 Å². The second-order valence-electron chi connectivity index (χ2n) is 14.8. The Kier molecular flexibility index (Phi) is 12.6. The Hall–Kier alpha value is -4.59. The molecule has 3 heterocycles. The molecule has 1 N–H and O–H groups in total. The van der Waals surface area contributed by atoms with Gasteiger partial charge < -0.3 is 9.64 Å². The topological polar surface area (TPSA) is 126 Å². The van der Waals surface area contributed by atoms with E-state index in [9.17, 15) is 37.6 Å². The number of rotatable bonds is 12. The third-order valence-electron chi connectivity index (χ3n) is 10.3. The third-order valence-corrected chi connectivity index (χ3v) is 11.2. The minimum absolute atomic E-state index is 0.0472. The predicted molar refractivity (Wildman–Crippen MR) is 212 cm³/mol. The van der Waals surface area contributed by atoms with Gasteiger partial charge in [-0.1, -0.05) is 29.3 Å². The summed E-state index contributed by atoms with van der Waals surface area (Å²) in [6.45, 7) is 7.28. The highest BCUT2D eigenvalue weighted by molar-refractivity contribution is 7.81. The van der Waals surface area contributed by atoms with Crippen LogP contribution in [-0.2, 0) is 38.2 Å². The molecular weight excluding hydrogens is 804 g/mol. The molecule has 57 heavy (non-hydrogen) atoms. The van der Waals surface area contributed by atoms with Gasteiger partial charge in [0.2, 0.25) is 11.8 Å².